The Morgan fingerprint density at radius 2 is 2.06 bits per heavy atom. The Morgan fingerprint density at radius 1 is 1.39 bits per heavy atom. The van der Waals surface area contributed by atoms with Crippen molar-refractivity contribution < 1.29 is 9.53 Å². The van der Waals surface area contributed by atoms with Crippen LogP contribution in [0.3, 0.4) is 0 Å². The molecule has 4 heteroatoms. The van der Waals surface area contributed by atoms with Crippen molar-refractivity contribution in [3.05, 3.63) is 29.8 Å². The Labute approximate surface area is 109 Å². The van der Waals surface area contributed by atoms with Gasteiger partial charge in [0.15, 0.2) is 0 Å². The number of hydrogen-bond donors (Lipinski definition) is 2. The summed E-state index contributed by atoms with van der Waals surface area (Å²) in [7, 11) is 0. The second kappa shape index (κ2) is 7.71. The molecule has 1 rings (SSSR count). The first-order valence-electron chi connectivity index (χ1n) is 6.37. The first-order chi connectivity index (χ1) is 8.65. The maximum atomic E-state index is 11.6. The lowest BCUT2D eigenvalue weighted by molar-refractivity contribution is -0.121. The smallest absolute Gasteiger partial charge is 0.220 e. The SMILES string of the molecule is CCOc1ccc(CCC(=O)N[C@@H](C)CN)cc1. The Kier molecular flexibility index (Phi) is 6.22. The van der Waals surface area contributed by atoms with Crippen molar-refractivity contribution in [1.29, 1.82) is 0 Å². The van der Waals surface area contributed by atoms with Crippen LogP contribution in [0.2, 0.25) is 0 Å². The van der Waals surface area contributed by atoms with Crippen molar-refractivity contribution >= 4 is 5.91 Å². The van der Waals surface area contributed by atoms with Gasteiger partial charge in [0, 0.05) is 19.0 Å². The van der Waals surface area contributed by atoms with Crippen molar-refractivity contribution in [3.63, 3.8) is 0 Å². The normalized spacial score (nSPS) is 11.9. The minimum Gasteiger partial charge on any atom is -0.494 e. The van der Waals surface area contributed by atoms with Crippen LogP contribution in [0.5, 0.6) is 5.75 Å². The van der Waals surface area contributed by atoms with E-state index in [1.165, 1.54) is 0 Å². The van der Waals surface area contributed by atoms with Crippen molar-refractivity contribution in [3.8, 4) is 5.75 Å². The number of carbonyl (C=O) groups is 1. The van der Waals surface area contributed by atoms with E-state index in [0.717, 1.165) is 17.7 Å². The fourth-order valence-electron chi connectivity index (χ4n) is 1.58. The molecule has 1 aromatic rings. The number of ether oxygens (including phenoxy) is 1. The predicted octanol–water partition coefficient (Wildman–Crippen LogP) is 1.48. The molecular formula is C14H22N2O2. The summed E-state index contributed by atoms with van der Waals surface area (Å²) in [6.07, 6.45) is 1.22. The molecule has 100 valence electrons. The van der Waals surface area contributed by atoms with Gasteiger partial charge in [-0.2, -0.15) is 0 Å². The molecule has 0 heterocycles. The third-order valence-corrected chi connectivity index (χ3v) is 2.64. The molecule has 0 unspecified atom stereocenters. The van der Waals surface area contributed by atoms with Gasteiger partial charge in [-0.05, 0) is 38.0 Å². The molecule has 0 bridgehead atoms. The number of benzene rings is 1. The number of nitrogens with two attached hydrogens (primary N) is 1. The molecule has 0 aliphatic carbocycles. The van der Waals surface area contributed by atoms with E-state index in [1.807, 2.05) is 38.1 Å². The van der Waals surface area contributed by atoms with Crippen molar-refractivity contribution in [1.82, 2.24) is 5.32 Å². The minimum absolute atomic E-state index is 0.0397. The number of carbonyl (C=O) groups excluding carboxylic acids is 1. The van der Waals surface area contributed by atoms with Gasteiger partial charge >= 0.3 is 0 Å². The van der Waals surface area contributed by atoms with Gasteiger partial charge < -0.3 is 15.8 Å². The standard InChI is InChI=1S/C14H22N2O2/c1-3-18-13-7-4-12(5-8-13)6-9-14(17)16-11(2)10-15/h4-5,7-8,11H,3,6,9-10,15H2,1-2H3,(H,16,17)/t11-/m0/s1. The van der Waals surface area contributed by atoms with Crippen LogP contribution in [0, 0.1) is 0 Å². The summed E-state index contributed by atoms with van der Waals surface area (Å²) in [6, 6.07) is 7.88. The largest absolute Gasteiger partial charge is 0.494 e. The summed E-state index contributed by atoms with van der Waals surface area (Å²) in [4.78, 5) is 11.6. The van der Waals surface area contributed by atoms with E-state index in [0.29, 0.717) is 19.6 Å². The van der Waals surface area contributed by atoms with Gasteiger partial charge in [-0.15, -0.1) is 0 Å². The molecule has 0 spiro atoms. The van der Waals surface area contributed by atoms with E-state index in [2.05, 4.69) is 5.32 Å². The lowest BCUT2D eigenvalue weighted by atomic mass is 10.1. The molecule has 4 nitrogen and oxygen atoms in total. The first kappa shape index (κ1) is 14.5. The van der Waals surface area contributed by atoms with E-state index in [9.17, 15) is 4.79 Å². The number of nitrogens with one attached hydrogen (secondary N) is 1. The molecular weight excluding hydrogens is 228 g/mol. The van der Waals surface area contributed by atoms with Gasteiger partial charge in [0.05, 0.1) is 6.61 Å². The molecule has 0 saturated heterocycles. The zero-order chi connectivity index (χ0) is 13.4. The second-order valence-electron chi connectivity index (χ2n) is 4.28. The third-order valence-electron chi connectivity index (χ3n) is 2.64. The number of hydrogen-bond acceptors (Lipinski definition) is 3. The third kappa shape index (κ3) is 5.19. The average Bonchev–Trinajstić information content (AvgIpc) is 2.38. The van der Waals surface area contributed by atoms with Gasteiger partial charge in [-0.1, -0.05) is 12.1 Å². The van der Waals surface area contributed by atoms with Crippen LogP contribution >= 0.6 is 0 Å². The molecule has 0 fully saturated rings. The van der Waals surface area contributed by atoms with Gasteiger partial charge in [-0.3, -0.25) is 4.79 Å². The zero-order valence-corrected chi connectivity index (χ0v) is 11.1. The van der Waals surface area contributed by atoms with Gasteiger partial charge in [-0.25, -0.2) is 0 Å². The molecule has 3 N–H and O–H groups in total. The zero-order valence-electron chi connectivity index (χ0n) is 11.1. The lowest BCUT2D eigenvalue weighted by Gasteiger charge is -2.11. The lowest BCUT2D eigenvalue weighted by Crippen LogP contribution is -2.37. The number of rotatable bonds is 7. The van der Waals surface area contributed by atoms with Crippen LogP contribution in [0.1, 0.15) is 25.8 Å². The highest BCUT2D eigenvalue weighted by molar-refractivity contribution is 5.76. The highest BCUT2D eigenvalue weighted by atomic mass is 16.5. The van der Waals surface area contributed by atoms with Crippen LogP contribution < -0.4 is 15.8 Å². The Hall–Kier alpha value is -1.55. The maximum Gasteiger partial charge on any atom is 0.220 e. The van der Waals surface area contributed by atoms with Gasteiger partial charge in [0.1, 0.15) is 5.75 Å². The average molecular weight is 250 g/mol. The molecule has 0 aromatic heterocycles. The highest BCUT2D eigenvalue weighted by Crippen LogP contribution is 2.13. The van der Waals surface area contributed by atoms with Crippen LogP contribution in [-0.2, 0) is 11.2 Å². The van der Waals surface area contributed by atoms with E-state index in [1.54, 1.807) is 0 Å². The predicted molar refractivity (Wildman–Crippen MR) is 72.6 cm³/mol. The first-order valence-corrected chi connectivity index (χ1v) is 6.37. The number of amides is 1. The molecule has 0 aliphatic heterocycles. The van der Waals surface area contributed by atoms with Crippen LogP contribution in [0.25, 0.3) is 0 Å². The second-order valence-corrected chi connectivity index (χ2v) is 4.28. The molecule has 0 saturated carbocycles. The summed E-state index contributed by atoms with van der Waals surface area (Å²) in [5.41, 5.74) is 6.58. The molecule has 0 aliphatic rings. The molecule has 1 amide bonds. The summed E-state index contributed by atoms with van der Waals surface area (Å²) >= 11 is 0. The van der Waals surface area contributed by atoms with Crippen molar-refractivity contribution in [2.24, 2.45) is 5.73 Å². The summed E-state index contributed by atoms with van der Waals surface area (Å²) in [5, 5.41) is 2.84. The van der Waals surface area contributed by atoms with E-state index in [4.69, 9.17) is 10.5 Å². The van der Waals surface area contributed by atoms with Gasteiger partial charge in [0.25, 0.3) is 0 Å². The van der Waals surface area contributed by atoms with Crippen LogP contribution in [0.4, 0.5) is 0 Å². The number of aryl methyl sites for hydroxylation is 1. The summed E-state index contributed by atoms with van der Waals surface area (Å²) in [5.74, 6) is 0.907. The Morgan fingerprint density at radius 3 is 2.61 bits per heavy atom. The monoisotopic (exact) mass is 250 g/mol. The van der Waals surface area contributed by atoms with Crippen molar-refractivity contribution in [2.45, 2.75) is 32.7 Å². The maximum absolute atomic E-state index is 11.6. The summed E-state index contributed by atoms with van der Waals surface area (Å²) < 4.78 is 5.36. The van der Waals surface area contributed by atoms with Crippen molar-refractivity contribution in [2.75, 3.05) is 13.2 Å². The van der Waals surface area contributed by atoms with E-state index in [-0.39, 0.29) is 11.9 Å². The minimum atomic E-state index is 0.0397. The molecule has 0 radical (unpaired) electrons. The van der Waals surface area contributed by atoms with Crippen LogP contribution in [-0.4, -0.2) is 25.1 Å². The van der Waals surface area contributed by atoms with E-state index < -0.39 is 0 Å². The highest BCUT2D eigenvalue weighted by Gasteiger charge is 2.05. The Bertz CT molecular complexity index is 363. The van der Waals surface area contributed by atoms with Gasteiger partial charge in [0.2, 0.25) is 5.91 Å². The molecule has 1 aromatic carbocycles. The fourth-order valence-corrected chi connectivity index (χ4v) is 1.58. The fraction of sp³-hybridized carbons (Fsp3) is 0.500. The molecule has 1 atom stereocenters. The summed E-state index contributed by atoms with van der Waals surface area (Å²) in [6.45, 7) is 4.99. The Balaban J connectivity index is 2.36. The quantitative estimate of drug-likeness (QED) is 0.770. The topological polar surface area (TPSA) is 64.3 Å². The molecule has 18 heavy (non-hydrogen) atoms. The van der Waals surface area contributed by atoms with E-state index >= 15 is 0 Å². The van der Waals surface area contributed by atoms with Crippen LogP contribution in [0.15, 0.2) is 24.3 Å².